The average molecular weight is 523 g/mol. The molecule has 0 aliphatic carbocycles. The molecule has 1 aromatic heterocycles. The molecule has 2 heterocycles. The number of carbonyl (C=O) groups excluding carboxylic acids is 3. The van der Waals surface area contributed by atoms with Crippen LogP contribution in [0.25, 0.3) is 11.0 Å². The summed E-state index contributed by atoms with van der Waals surface area (Å²) in [4.78, 5) is 60.1. The zero-order valence-electron chi connectivity index (χ0n) is 18.9. The zero-order valence-corrected chi connectivity index (χ0v) is 19.8. The Bertz CT molecular complexity index is 1640. The second-order valence-electron chi connectivity index (χ2n) is 7.73. The molecule has 1 aliphatic heterocycles. The number of nitro benzene ring substituents is 2. The third kappa shape index (κ3) is 4.40. The number of primary amides is 1. The molecular weight excluding hydrogens is 506 g/mol. The number of non-ortho nitro benzene ring substituents is 2. The van der Waals surface area contributed by atoms with Crippen LogP contribution in [0.15, 0.2) is 48.5 Å². The number of fused-ring (bicyclic) bond motifs is 1. The van der Waals surface area contributed by atoms with Crippen LogP contribution < -0.4 is 22.0 Å². The number of nitrogens with zero attached hydrogens (tertiary/aromatic N) is 3. The number of nitrogen functional groups attached to an aromatic ring is 1. The Labute approximate surface area is 211 Å². The first kappa shape index (κ1) is 25.1. The van der Waals surface area contributed by atoms with Crippen molar-refractivity contribution in [1.82, 2.24) is 4.57 Å². The summed E-state index contributed by atoms with van der Waals surface area (Å²) in [7, 11) is 1.07. The lowest BCUT2D eigenvalue weighted by molar-refractivity contribution is -0.385. The molecule has 0 bridgehead atoms. The van der Waals surface area contributed by atoms with Crippen molar-refractivity contribution < 1.29 is 29.0 Å². The summed E-state index contributed by atoms with van der Waals surface area (Å²) in [6.45, 7) is 0. The minimum atomic E-state index is -1.18. The molecule has 0 saturated heterocycles. The van der Waals surface area contributed by atoms with E-state index in [0.29, 0.717) is 5.56 Å². The third-order valence-electron chi connectivity index (χ3n) is 5.52. The van der Waals surface area contributed by atoms with Crippen LogP contribution in [0.2, 0.25) is 0 Å². The lowest BCUT2D eigenvalue weighted by atomic mass is 10.1. The molecule has 4 N–H and O–H groups in total. The van der Waals surface area contributed by atoms with Crippen LogP contribution in [0.3, 0.4) is 0 Å². The summed E-state index contributed by atoms with van der Waals surface area (Å²) in [6, 6.07) is 10.8. The lowest BCUT2D eigenvalue weighted by Crippen LogP contribution is -2.43. The van der Waals surface area contributed by atoms with Crippen molar-refractivity contribution in [3.63, 3.8) is 0 Å². The molecule has 13 nitrogen and oxygen atoms in total. The number of aromatic nitrogens is 1. The van der Waals surface area contributed by atoms with Crippen molar-refractivity contribution in [3.8, 4) is 0 Å². The Morgan fingerprint density at radius 2 is 1.70 bits per heavy atom. The van der Waals surface area contributed by atoms with E-state index in [1.54, 1.807) is 0 Å². The minimum Gasteiger partial charge on any atom is -0.464 e. The molecule has 0 spiro atoms. The summed E-state index contributed by atoms with van der Waals surface area (Å²) in [5.41, 5.74) is 11.3. The molecule has 188 valence electrons. The second-order valence-corrected chi connectivity index (χ2v) is 8.84. The molecule has 37 heavy (non-hydrogen) atoms. The molecule has 0 fully saturated rings. The van der Waals surface area contributed by atoms with E-state index in [9.17, 15) is 34.6 Å². The van der Waals surface area contributed by atoms with Crippen LogP contribution in [0.1, 0.15) is 31.7 Å². The summed E-state index contributed by atoms with van der Waals surface area (Å²) >= 11 is 0.751. The highest BCUT2D eigenvalue weighted by atomic mass is 32.2. The Morgan fingerprint density at radius 3 is 2.30 bits per heavy atom. The number of benzene rings is 2. The van der Waals surface area contributed by atoms with E-state index < -0.39 is 32.9 Å². The smallest absolute Gasteiger partial charge is 0.357 e. The Hall–Kier alpha value is -4.98. The Balaban J connectivity index is 2.07. The van der Waals surface area contributed by atoms with Crippen molar-refractivity contribution in [3.05, 3.63) is 96.1 Å². The molecule has 3 aromatic rings. The number of nitrogens with two attached hydrogens (primary N) is 2. The van der Waals surface area contributed by atoms with E-state index in [1.807, 2.05) is 0 Å². The number of ether oxygens (including phenoxy) is 1. The van der Waals surface area contributed by atoms with Crippen molar-refractivity contribution in [2.45, 2.75) is 5.25 Å². The number of hydrogen-bond acceptors (Lipinski definition) is 10. The first-order valence-electron chi connectivity index (χ1n) is 10.4. The van der Waals surface area contributed by atoms with E-state index in [4.69, 9.17) is 16.2 Å². The standard InChI is InChI=1S/C23H17N5O8S/c1-36-23(31)18-16(24)15(9-11-4-2-6-13(8-11)27(32)33)17-20(21(25)29)37-19(22(30)26(17)18)12-5-3-7-14(10-12)28(34)35/h2-10,19H,24H2,1H3,(H2,25,29)/b15-9+/t19-/m1/s1. The van der Waals surface area contributed by atoms with Crippen LogP contribution in [0.4, 0.5) is 17.1 Å². The third-order valence-corrected chi connectivity index (χ3v) is 6.86. The number of nitro groups is 2. The van der Waals surface area contributed by atoms with E-state index in [0.717, 1.165) is 23.4 Å². The maximum absolute atomic E-state index is 13.7. The number of thioether (sulfide) groups is 1. The van der Waals surface area contributed by atoms with Crippen LogP contribution in [-0.4, -0.2) is 39.3 Å². The monoisotopic (exact) mass is 523 g/mol. The average Bonchev–Trinajstić information content (AvgIpc) is 3.16. The first-order chi connectivity index (χ1) is 17.5. The van der Waals surface area contributed by atoms with Gasteiger partial charge in [-0.15, -0.1) is 0 Å². The van der Waals surface area contributed by atoms with Gasteiger partial charge in [-0.05, 0) is 17.2 Å². The van der Waals surface area contributed by atoms with E-state index >= 15 is 0 Å². The fourth-order valence-electron chi connectivity index (χ4n) is 3.92. The number of esters is 1. The summed E-state index contributed by atoms with van der Waals surface area (Å²) in [5.74, 6) is -2.66. The fourth-order valence-corrected chi connectivity index (χ4v) is 5.07. The van der Waals surface area contributed by atoms with Gasteiger partial charge in [-0.3, -0.25) is 34.4 Å². The van der Waals surface area contributed by atoms with Crippen molar-refractivity contribution in [1.29, 1.82) is 0 Å². The van der Waals surface area contributed by atoms with Gasteiger partial charge in [0.15, 0.2) is 5.69 Å². The van der Waals surface area contributed by atoms with Gasteiger partial charge in [0.05, 0.1) is 32.9 Å². The van der Waals surface area contributed by atoms with Gasteiger partial charge in [-0.2, -0.15) is 0 Å². The zero-order chi connectivity index (χ0) is 27.0. The number of methoxy groups -OCH3 is 1. The Morgan fingerprint density at radius 1 is 1.08 bits per heavy atom. The van der Waals surface area contributed by atoms with Gasteiger partial charge in [0.2, 0.25) is 5.91 Å². The maximum Gasteiger partial charge on any atom is 0.357 e. The van der Waals surface area contributed by atoms with Crippen molar-refractivity contribution >= 4 is 57.6 Å². The normalized spacial score (nSPS) is 15.3. The molecule has 0 radical (unpaired) electrons. The molecule has 0 saturated carbocycles. The van der Waals surface area contributed by atoms with Gasteiger partial charge in [-0.1, -0.05) is 36.0 Å². The molecule has 4 rings (SSSR count). The first-order valence-corrected chi connectivity index (χ1v) is 11.3. The molecule has 1 amide bonds. The quantitative estimate of drug-likeness (QED) is 0.268. The summed E-state index contributed by atoms with van der Waals surface area (Å²) in [6.07, 6.45) is 1.38. The predicted molar refractivity (Wildman–Crippen MR) is 133 cm³/mol. The van der Waals surface area contributed by atoms with Crippen molar-refractivity contribution in [2.75, 3.05) is 12.8 Å². The fraction of sp³-hybridized carbons (Fsp3) is 0.0870. The molecule has 0 unspecified atom stereocenters. The number of carbonyl (C=O) groups is 3. The van der Waals surface area contributed by atoms with E-state index in [1.165, 1.54) is 54.6 Å². The summed E-state index contributed by atoms with van der Waals surface area (Å²) in [5, 5.41) is 21.2. The van der Waals surface area contributed by atoms with Gasteiger partial charge in [0.25, 0.3) is 17.3 Å². The van der Waals surface area contributed by atoms with Crippen LogP contribution in [-0.2, 0) is 9.53 Å². The van der Waals surface area contributed by atoms with Gasteiger partial charge in [-0.25, -0.2) is 4.79 Å². The minimum absolute atomic E-state index is 0.0491. The largest absolute Gasteiger partial charge is 0.464 e. The molecule has 1 aliphatic rings. The SMILES string of the molecule is COC(=O)c1c(N)/c(=C\c2cccc([N+](=O)[O-])c2)c2n1C(=O)[C@@H](c1cccc([N+](=O)[O-])c1)SC=2C(N)=O. The van der Waals surface area contributed by atoms with Crippen LogP contribution in [0, 0.1) is 20.2 Å². The topological polar surface area (TPSA) is 204 Å². The molecule has 1 atom stereocenters. The van der Waals surface area contributed by atoms with Gasteiger partial charge in [0, 0.05) is 29.5 Å². The van der Waals surface area contributed by atoms with E-state index in [-0.39, 0.29) is 43.8 Å². The highest BCUT2D eigenvalue weighted by Crippen LogP contribution is 2.40. The van der Waals surface area contributed by atoms with Gasteiger partial charge < -0.3 is 16.2 Å². The maximum atomic E-state index is 13.7. The molecule has 2 aromatic carbocycles. The second kappa shape index (κ2) is 9.58. The summed E-state index contributed by atoms with van der Waals surface area (Å²) < 4.78 is 5.72. The Kier molecular flexibility index (Phi) is 6.50. The van der Waals surface area contributed by atoms with Gasteiger partial charge in [0.1, 0.15) is 5.25 Å². The van der Waals surface area contributed by atoms with Crippen molar-refractivity contribution in [2.24, 2.45) is 5.73 Å². The van der Waals surface area contributed by atoms with Crippen LogP contribution in [0.5, 0.6) is 0 Å². The highest BCUT2D eigenvalue weighted by molar-refractivity contribution is 8.10. The number of rotatable bonds is 6. The van der Waals surface area contributed by atoms with E-state index in [2.05, 4.69) is 0 Å². The van der Waals surface area contributed by atoms with Gasteiger partial charge >= 0.3 is 5.97 Å². The number of amides is 1. The predicted octanol–water partition coefficient (Wildman–Crippen LogP) is 1.22. The number of anilines is 1. The molecule has 14 heteroatoms. The van der Waals surface area contributed by atoms with Crippen LogP contribution >= 0.6 is 11.8 Å². The number of hydrogen-bond donors (Lipinski definition) is 2. The highest BCUT2D eigenvalue weighted by Gasteiger charge is 2.37. The lowest BCUT2D eigenvalue weighted by Gasteiger charge is -2.23. The molecular formula is C23H17N5O8S.